The third kappa shape index (κ3) is 3.23. The van der Waals surface area contributed by atoms with Crippen molar-refractivity contribution >= 4 is 11.4 Å². The molecule has 0 aliphatic carbocycles. The Balaban J connectivity index is 2.18. The maximum Gasteiger partial charge on any atom is 0.0602 e. The number of nitrogen functional groups attached to an aromatic ring is 1. The Hall–Kier alpha value is -2.03. The highest BCUT2D eigenvalue weighted by atomic mass is 15.1. The maximum atomic E-state index is 5.84. The summed E-state index contributed by atoms with van der Waals surface area (Å²) in [7, 11) is 0. The van der Waals surface area contributed by atoms with Crippen molar-refractivity contribution in [2.75, 3.05) is 17.2 Å². The van der Waals surface area contributed by atoms with Crippen molar-refractivity contribution in [2.45, 2.75) is 19.9 Å². The van der Waals surface area contributed by atoms with Gasteiger partial charge in [0.05, 0.1) is 12.2 Å². The zero-order valence-electron chi connectivity index (χ0n) is 10.7. The first-order valence-corrected chi connectivity index (χ1v) is 6.30. The number of aromatic nitrogens is 1. The third-order valence-corrected chi connectivity index (χ3v) is 2.81. The van der Waals surface area contributed by atoms with E-state index in [0.29, 0.717) is 0 Å². The minimum Gasteiger partial charge on any atom is -0.399 e. The standard InChI is InChI=1S/C15H19N3/c1-2-10-18(12-14-7-3-4-9-17-14)15-8-5-6-13(16)11-15/h3-9,11H,2,10,12,16H2,1H3. The van der Waals surface area contributed by atoms with Gasteiger partial charge in [0, 0.05) is 24.1 Å². The van der Waals surface area contributed by atoms with Crippen molar-refractivity contribution in [2.24, 2.45) is 0 Å². The summed E-state index contributed by atoms with van der Waals surface area (Å²) >= 11 is 0. The van der Waals surface area contributed by atoms with Crippen LogP contribution in [-0.4, -0.2) is 11.5 Å². The topological polar surface area (TPSA) is 42.2 Å². The number of pyridine rings is 1. The van der Waals surface area contributed by atoms with E-state index in [4.69, 9.17) is 5.73 Å². The Morgan fingerprint density at radius 2 is 2.06 bits per heavy atom. The van der Waals surface area contributed by atoms with E-state index in [1.165, 1.54) is 0 Å². The zero-order valence-corrected chi connectivity index (χ0v) is 10.7. The second-order valence-corrected chi connectivity index (χ2v) is 4.34. The first-order chi connectivity index (χ1) is 8.79. The van der Waals surface area contributed by atoms with Crippen LogP contribution in [0.3, 0.4) is 0 Å². The fraction of sp³-hybridized carbons (Fsp3) is 0.267. The highest BCUT2D eigenvalue weighted by molar-refractivity contribution is 5.55. The van der Waals surface area contributed by atoms with Gasteiger partial charge in [-0.1, -0.05) is 19.1 Å². The Labute approximate surface area is 108 Å². The third-order valence-electron chi connectivity index (χ3n) is 2.81. The van der Waals surface area contributed by atoms with Crippen LogP contribution >= 0.6 is 0 Å². The molecule has 3 heteroatoms. The number of hydrogen-bond donors (Lipinski definition) is 1. The van der Waals surface area contributed by atoms with Crippen LogP contribution < -0.4 is 10.6 Å². The summed E-state index contributed by atoms with van der Waals surface area (Å²) in [5, 5.41) is 0. The van der Waals surface area contributed by atoms with Crippen molar-refractivity contribution < 1.29 is 0 Å². The van der Waals surface area contributed by atoms with Crippen molar-refractivity contribution in [1.29, 1.82) is 0 Å². The second-order valence-electron chi connectivity index (χ2n) is 4.34. The average Bonchev–Trinajstić information content (AvgIpc) is 2.39. The van der Waals surface area contributed by atoms with E-state index in [1.807, 2.05) is 36.5 Å². The Bertz CT molecular complexity index is 482. The lowest BCUT2D eigenvalue weighted by atomic mass is 10.2. The van der Waals surface area contributed by atoms with E-state index < -0.39 is 0 Å². The summed E-state index contributed by atoms with van der Waals surface area (Å²) in [5.41, 5.74) is 8.88. The lowest BCUT2D eigenvalue weighted by Gasteiger charge is -2.24. The Morgan fingerprint density at radius 1 is 1.17 bits per heavy atom. The van der Waals surface area contributed by atoms with Gasteiger partial charge in [-0.25, -0.2) is 0 Å². The smallest absolute Gasteiger partial charge is 0.0602 e. The monoisotopic (exact) mass is 241 g/mol. The molecule has 1 aromatic heterocycles. The summed E-state index contributed by atoms with van der Waals surface area (Å²) in [6, 6.07) is 14.0. The molecule has 0 unspecified atom stereocenters. The first kappa shape index (κ1) is 12.4. The van der Waals surface area contributed by atoms with Gasteiger partial charge < -0.3 is 10.6 Å². The molecule has 0 aliphatic rings. The Morgan fingerprint density at radius 3 is 2.72 bits per heavy atom. The lowest BCUT2D eigenvalue weighted by molar-refractivity contribution is 0.754. The van der Waals surface area contributed by atoms with E-state index in [2.05, 4.69) is 28.9 Å². The maximum absolute atomic E-state index is 5.84. The van der Waals surface area contributed by atoms with Gasteiger partial charge in [0.1, 0.15) is 0 Å². The van der Waals surface area contributed by atoms with E-state index >= 15 is 0 Å². The predicted molar refractivity (Wildman–Crippen MR) is 76.4 cm³/mol. The van der Waals surface area contributed by atoms with Crippen molar-refractivity contribution in [3.8, 4) is 0 Å². The average molecular weight is 241 g/mol. The van der Waals surface area contributed by atoms with Gasteiger partial charge in [-0.2, -0.15) is 0 Å². The molecular formula is C15H19N3. The van der Waals surface area contributed by atoms with Crippen LogP contribution in [0, 0.1) is 0 Å². The Kier molecular flexibility index (Phi) is 4.18. The second kappa shape index (κ2) is 6.05. The molecule has 1 aromatic carbocycles. The highest BCUT2D eigenvalue weighted by Crippen LogP contribution is 2.19. The fourth-order valence-corrected chi connectivity index (χ4v) is 1.98. The molecule has 0 amide bonds. The van der Waals surface area contributed by atoms with Gasteiger partial charge >= 0.3 is 0 Å². The van der Waals surface area contributed by atoms with Crippen LogP contribution in [0.2, 0.25) is 0 Å². The van der Waals surface area contributed by atoms with Gasteiger partial charge in [-0.15, -0.1) is 0 Å². The molecule has 0 spiro atoms. The zero-order chi connectivity index (χ0) is 12.8. The summed E-state index contributed by atoms with van der Waals surface area (Å²) in [6.07, 6.45) is 2.93. The molecule has 18 heavy (non-hydrogen) atoms. The highest BCUT2D eigenvalue weighted by Gasteiger charge is 2.07. The number of anilines is 2. The summed E-state index contributed by atoms with van der Waals surface area (Å²) in [6.45, 7) is 4.00. The van der Waals surface area contributed by atoms with Crippen LogP contribution in [0.15, 0.2) is 48.7 Å². The molecule has 0 aliphatic heterocycles. The van der Waals surface area contributed by atoms with Gasteiger partial charge in [0.15, 0.2) is 0 Å². The van der Waals surface area contributed by atoms with E-state index in [-0.39, 0.29) is 0 Å². The SMILES string of the molecule is CCCN(Cc1ccccn1)c1cccc(N)c1. The minimum atomic E-state index is 0.801. The van der Waals surface area contributed by atoms with Crippen molar-refractivity contribution in [3.05, 3.63) is 54.4 Å². The molecule has 0 radical (unpaired) electrons. The summed E-state index contributed by atoms with van der Waals surface area (Å²) in [5.74, 6) is 0. The molecule has 0 saturated heterocycles. The van der Waals surface area contributed by atoms with Gasteiger partial charge in [-0.3, -0.25) is 4.98 Å². The normalized spacial score (nSPS) is 10.3. The predicted octanol–water partition coefficient (Wildman–Crippen LogP) is 3.08. The quantitative estimate of drug-likeness (QED) is 0.818. The molecule has 2 N–H and O–H groups in total. The number of benzene rings is 1. The molecule has 0 fully saturated rings. The van der Waals surface area contributed by atoms with Crippen molar-refractivity contribution in [1.82, 2.24) is 4.98 Å². The van der Waals surface area contributed by atoms with Crippen LogP contribution in [0.1, 0.15) is 19.0 Å². The van der Waals surface area contributed by atoms with Crippen LogP contribution in [0.25, 0.3) is 0 Å². The molecule has 2 aromatic rings. The lowest BCUT2D eigenvalue weighted by Crippen LogP contribution is -2.24. The molecule has 0 saturated carbocycles. The van der Waals surface area contributed by atoms with Crippen molar-refractivity contribution in [3.63, 3.8) is 0 Å². The molecule has 94 valence electrons. The van der Waals surface area contributed by atoms with Crippen LogP contribution in [0.4, 0.5) is 11.4 Å². The molecular weight excluding hydrogens is 222 g/mol. The molecule has 0 atom stereocenters. The van der Waals surface area contributed by atoms with Gasteiger partial charge in [-0.05, 0) is 36.8 Å². The number of hydrogen-bond acceptors (Lipinski definition) is 3. The largest absolute Gasteiger partial charge is 0.399 e. The molecule has 0 bridgehead atoms. The first-order valence-electron chi connectivity index (χ1n) is 6.30. The number of nitrogens with zero attached hydrogens (tertiary/aromatic N) is 2. The molecule has 3 nitrogen and oxygen atoms in total. The fourth-order valence-electron chi connectivity index (χ4n) is 1.98. The van der Waals surface area contributed by atoms with Crippen LogP contribution in [-0.2, 0) is 6.54 Å². The van der Waals surface area contributed by atoms with E-state index in [9.17, 15) is 0 Å². The number of rotatable bonds is 5. The summed E-state index contributed by atoms with van der Waals surface area (Å²) in [4.78, 5) is 6.68. The van der Waals surface area contributed by atoms with E-state index in [0.717, 1.165) is 36.6 Å². The summed E-state index contributed by atoms with van der Waals surface area (Å²) < 4.78 is 0. The van der Waals surface area contributed by atoms with Crippen LogP contribution in [0.5, 0.6) is 0 Å². The van der Waals surface area contributed by atoms with Gasteiger partial charge in [0.25, 0.3) is 0 Å². The van der Waals surface area contributed by atoms with Gasteiger partial charge in [0.2, 0.25) is 0 Å². The van der Waals surface area contributed by atoms with E-state index in [1.54, 1.807) is 0 Å². The number of nitrogens with two attached hydrogens (primary N) is 1. The minimum absolute atomic E-state index is 0.801. The molecule has 2 rings (SSSR count). The molecule has 1 heterocycles.